The van der Waals surface area contributed by atoms with Gasteiger partial charge in [0.15, 0.2) is 0 Å². The van der Waals surface area contributed by atoms with Gasteiger partial charge in [0.25, 0.3) is 0 Å². The molecule has 2 N–H and O–H groups in total. The Kier molecular flexibility index (Phi) is 4.11. The molecular weight excluding hydrogens is 285 g/mol. The van der Waals surface area contributed by atoms with Crippen LogP contribution in [0.15, 0.2) is 18.2 Å². The van der Waals surface area contributed by atoms with E-state index in [9.17, 15) is 13.2 Å². The zero-order valence-electron chi connectivity index (χ0n) is 11.6. The second-order valence-electron chi connectivity index (χ2n) is 4.25. The highest BCUT2D eigenvalue weighted by molar-refractivity contribution is 5.99. The Hall–Kier alpha value is -2.18. The van der Waals surface area contributed by atoms with Crippen LogP contribution in [0.5, 0.6) is 11.5 Å². The van der Waals surface area contributed by atoms with Gasteiger partial charge >= 0.3 is 6.18 Å². The molecule has 114 valence electrons. The average molecular weight is 300 g/mol. The average Bonchev–Trinajstić information content (AvgIpc) is 2.40. The topological polar surface area (TPSA) is 57.4 Å². The summed E-state index contributed by atoms with van der Waals surface area (Å²) in [5.41, 5.74) is 4.73. The number of nitrogen functional groups attached to an aromatic ring is 1. The third-order valence-electron chi connectivity index (χ3n) is 2.81. The van der Waals surface area contributed by atoms with Crippen molar-refractivity contribution in [3.05, 3.63) is 23.9 Å². The van der Waals surface area contributed by atoms with Crippen LogP contribution in [0.2, 0.25) is 0 Å². The Morgan fingerprint density at radius 1 is 1.10 bits per heavy atom. The van der Waals surface area contributed by atoms with Crippen molar-refractivity contribution >= 4 is 16.6 Å². The van der Waals surface area contributed by atoms with E-state index in [1.807, 2.05) is 0 Å². The molecule has 0 bridgehead atoms. The second-order valence-corrected chi connectivity index (χ2v) is 4.25. The first-order valence-corrected chi connectivity index (χ1v) is 6.44. The Balaban J connectivity index is 2.77. The summed E-state index contributed by atoms with van der Waals surface area (Å²) in [6, 6.07) is 3.95. The van der Waals surface area contributed by atoms with Crippen molar-refractivity contribution in [1.29, 1.82) is 0 Å². The maximum Gasteiger partial charge on any atom is 0.433 e. The highest BCUT2D eigenvalue weighted by atomic mass is 19.4. The predicted molar refractivity (Wildman–Crippen MR) is 73.5 cm³/mol. The van der Waals surface area contributed by atoms with E-state index in [1.165, 1.54) is 6.07 Å². The summed E-state index contributed by atoms with van der Waals surface area (Å²) in [5, 5.41) is 0.329. The van der Waals surface area contributed by atoms with E-state index in [2.05, 4.69) is 4.98 Å². The zero-order valence-corrected chi connectivity index (χ0v) is 11.6. The number of hydrogen-bond donors (Lipinski definition) is 1. The molecule has 7 heteroatoms. The molecule has 0 aliphatic rings. The molecule has 0 fully saturated rings. The second kappa shape index (κ2) is 5.67. The fraction of sp³-hybridized carbons (Fsp3) is 0.357. The standard InChI is InChI=1S/C14H15F3N2O2/c1-3-20-9-5-6-10(21-4-2)13-12(9)8(18)7-11(19-13)14(15,16)17/h5-7H,3-4H2,1-2H3,(H2,18,19). The van der Waals surface area contributed by atoms with Crippen LogP contribution >= 0.6 is 0 Å². The molecule has 0 spiro atoms. The van der Waals surface area contributed by atoms with Crippen LogP contribution in [0.1, 0.15) is 19.5 Å². The fourth-order valence-corrected chi connectivity index (χ4v) is 2.01. The number of nitrogens with two attached hydrogens (primary N) is 1. The monoisotopic (exact) mass is 300 g/mol. The lowest BCUT2D eigenvalue weighted by Crippen LogP contribution is -2.10. The maximum atomic E-state index is 12.9. The van der Waals surface area contributed by atoms with E-state index in [-0.39, 0.29) is 17.0 Å². The smallest absolute Gasteiger partial charge is 0.433 e. The number of pyridine rings is 1. The van der Waals surface area contributed by atoms with Crippen LogP contribution < -0.4 is 15.2 Å². The molecule has 2 rings (SSSR count). The fourth-order valence-electron chi connectivity index (χ4n) is 2.01. The van der Waals surface area contributed by atoms with Gasteiger partial charge in [-0.05, 0) is 32.0 Å². The van der Waals surface area contributed by atoms with E-state index >= 15 is 0 Å². The molecule has 21 heavy (non-hydrogen) atoms. The molecule has 0 aliphatic heterocycles. The van der Waals surface area contributed by atoms with Gasteiger partial charge in [0.2, 0.25) is 0 Å². The predicted octanol–water partition coefficient (Wildman–Crippen LogP) is 3.63. The number of anilines is 1. The molecule has 0 saturated carbocycles. The largest absolute Gasteiger partial charge is 0.493 e. The van der Waals surface area contributed by atoms with Crippen LogP contribution in [0.25, 0.3) is 10.9 Å². The number of benzene rings is 1. The van der Waals surface area contributed by atoms with Crippen LogP contribution in [0.3, 0.4) is 0 Å². The molecule has 2 aromatic rings. The first-order chi connectivity index (χ1) is 9.88. The Morgan fingerprint density at radius 2 is 1.67 bits per heavy atom. The number of ether oxygens (including phenoxy) is 2. The van der Waals surface area contributed by atoms with Crippen molar-refractivity contribution in [2.75, 3.05) is 18.9 Å². The van der Waals surface area contributed by atoms with Crippen LogP contribution in [-0.4, -0.2) is 18.2 Å². The molecule has 0 unspecified atom stereocenters. The van der Waals surface area contributed by atoms with Crippen LogP contribution in [-0.2, 0) is 6.18 Å². The highest BCUT2D eigenvalue weighted by Gasteiger charge is 2.34. The van der Waals surface area contributed by atoms with E-state index in [0.29, 0.717) is 24.3 Å². The van der Waals surface area contributed by atoms with E-state index in [1.54, 1.807) is 19.9 Å². The number of alkyl halides is 3. The summed E-state index contributed by atoms with van der Waals surface area (Å²) >= 11 is 0. The Bertz CT molecular complexity index is 657. The molecule has 1 aromatic carbocycles. The first kappa shape index (κ1) is 15.2. The zero-order chi connectivity index (χ0) is 15.6. The summed E-state index contributed by atoms with van der Waals surface area (Å²) in [6.07, 6.45) is -4.58. The lowest BCUT2D eigenvalue weighted by atomic mass is 10.1. The molecular formula is C14H15F3N2O2. The van der Waals surface area contributed by atoms with Gasteiger partial charge < -0.3 is 15.2 Å². The van der Waals surface area contributed by atoms with Gasteiger partial charge in [-0.1, -0.05) is 0 Å². The molecule has 0 amide bonds. The third-order valence-corrected chi connectivity index (χ3v) is 2.81. The first-order valence-electron chi connectivity index (χ1n) is 6.44. The molecule has 0 atom stereocenters. The number of rotatable bonds is 4. The minimum absolute atomic E-state index is 0.0441. The molecule has 0 saturated heterocycles. The quantitative estimate of drug-likeness (QED) is 0.936. The normalized spacial score (nSPS) is 11.7. The van der Waals surface area contributed by atoms with Gasteiger partial charge in [-0.2, -0.15) is 13.2 Å². The van der Waals surface area contributed by atoms with E-state index < -0.39 is 11.9 Å². The molecule has 1 aromatic heterocycles. The van der Waals surface area contributed by atoms with Crippen molar-refractivity contribution < 1.29 is 22.6 Å². The molecule has 0 radical (unpaired) electrons. The Morgan fingerprint density at radius 3 is 2.24 bits per heavy atom. The molecule has 1 heterocycles. The summed E-state index contributed by atoms with van der Waals surface area (Å²) in [5.74, 6) is 0.628. The van der Waals surface area contributed by atoms with Crippen molar-refractivity contribution in [2.45, 2.75) is 20.0 Å². The van der Waals surface area contributed by atoms with Crippen molar-refractivity contribution in [3.8, 4) is 11.5 Å². The van der Waals surface area contributed by atoms with Gasteiger partial charge in [0, 0.05) is 5.69 Å². The van der Waals surface area contributed by atoms with Gasteiger partial charge in [-0.3, -0.25) is 0 Å². The maximum absolute atomic E-state index is 12.9. The Labute approximate surface area is 119 Å². The number of nitrogens with zero attached hydrogens (tertiary/aromatic N) is 1. The summed E-state index contributed by atoms with van der Waals surface area (Å²) in [7, 11) is 0. The van der Waals surface area contributed by atoms with Crippen molar-refractivity contribution in [3.63, 3.8) is 0 Å². The number of aromatic nitrogens is 1. The van der Waals surface area contributed by atoms with Gasteiger partial charge in [0.1, 0.15) is 22.7 Å². The summed E-state index contributed by atoms with van der Waals surface area (Å²) < 4.78 is 49.4. The number of fused-ring (bicyclic) bond motifs is 1. The minimum atomic E-state index is -4.58. The summed E-state index contributed by atoms with van der Waals surface area (Å²) in [6.45, 7) is 4.18. The van der Waals surface area contributed by atoms with Crippen molar-refractivity contribution in [1.82, 2.24) is 4.98 Å². The van der Waals surface area contributed by atoms with Gasteiger partial charge in [-0.15, -0.1) is 0 Å². The minimum Gasteiger partial charge on any atom is -0.493 e. The van der Waals surface area contributed by atoms with Crippen molar-refractivity contribution in [2.24, 2.45) is 0 Å². The van der Waals surface area contributed by atoms with Gasteiger partial charge in [-0.25, -0.2) is 4.98 Å². The van der Waals surface area contributed by atoms with Gasteiger partial charge in [0.05, 0.1) is 18.6 Å². The molecule has 4 nitrogen and oxygen atoms in total. The van der Waals surface area contributed by atoms with E-state index in [0.717, 1.165) is 6.07 Å². The lowest BCUT2D eigenvalue weighted by Gasteiger charge is -2.15. The number of halogens is 3. The highest BCUT2D eigenvalue weighted by Crippen LogP contribution is 2.39. The SMILES string of the molecule is CCOc1ccc(OCC)c2c(N)cc(C(F)(F)F)nc12. The molecule has 0 aliphatic carbocycles. The third kappa shape index (κ3) is 2.96. The van der Waals surface area contributed by atoms with Crippen LogP contribution in [0.4, 0.5) is 18.9 Å². The summed E-state index contributed by atoms with van der Waals surface area (Å²) in [4.78, 5) is 3.66. The number of hydrogen-bond acceptors (Lipinski definition) is 4. The lowest BCUT2D eigenvalue weighted by molar-refractivity contribution is -0.140. The van der Waals surface area contributed by atoms with Crippen LogP contribution in [0, 0.1) is 0 Å². The van der Waals surface area contributed by atoms with E-state index in [4.69, 9.17) is 15.2 Å².